The molecule has 0 bridgehead atoms. The summed E-state index contributed by atoms with van der Waals surface area (Å²) >= 11 is 26.9. The Morgan fingerprint density at radius 2 is 1.56 bits per heavy atom. The number of carbonyl (C=O) groups is 3. The van der Waals surface area contributed by atoms with E-state index in [2.05, 4.69) is 5.32 Å². The molecular formula is C33H31Cl4NO7. The van der Waals surface area contributed by atoms with E-state index < -0.39 is 23.0 Å². The van der Waals surface area contributed by atoms with Gasteiger partial charge in [0.25, 0.3) is 5.91 Å². The topological polar surface area (TPSA) is 111 Å². The number of hydrogen-bond donors (Lipinski definition) is 2. The third-order valence-electron chi connectivity index (χ3n) is 7.80. The monoisotopic (exact) mass is 693 g/mol. The van der Waals surface area contributed by atoms with Gasteiger partial charge < -0.3 is 24.6 Å². The van der Waals surface area contributed by atoms with Crippen molar-refractivity contribution in [2.45, 2.75) is 59.0 Å². The molecule has 0 saturated heterocycles. The molecule has 12 heteroatoms. The van der Waals surface area contributed by atoms with Gasteiger partial charge >= 0.3 is 11.9 Å². The summed E-state index contributed by atoms with van der Waals surface area (Å²) < 4.78 is 18.1. The van der Waals surface area contributed by atoms with Crippen LogP contribution in [-0.2, 0) is 15.1 Å². The number of benzene rings is 3. The molecule has 5 rings (SSSR count). The number of esters is 2. The summed E-state index contributed by atoms with van der Waals surface area (Å²) in [5, 5.41) is 12.2. The van der Waals surface area contributed by atoms with Crippen LogP contribution in [0.1, 0.15) is 89.4 Å². The van der Waals surface area contributed by atoms with Crippen molar-refractivity contribution in [2.24, 2.45) is 5.41 Å². The number of aliphatic hydroxyl groups is 1. The number of fused-ring (bicyclic) bond motifs is 6. The maximum atomic E-state index is 13.5. The van der Waals surface area contributed by atoms with Crippen molar-refractivity contribution < 1.29 is 33.7 Å². The highest BCUT2D eigenvalue weighted by Crippen LogP contribution is 2.62. The van der Waals surface area contributed by atoms with Crippen LogP contribution in [0.5, 0.6) is 17.2 Å². The third kappa shape index (κ3) is 5.87. The van der Waals surface area contributed by atoms with Crippen LogP contribution in [0.3, 0.4) is 0 Å². The minimum Gasteiger partial charge on any atom is -0.453 e. The maximum absolute atomic E-state index is 13.5. The molecule has 3 aromatic carbocycles. The smallest absolute Gasteiger partial charge is 0.340 e. The van der Waals surface area contributed by atoms with Crippen LogP contribution >= 0.6 is 46.4 Å². The van der Waals surface area contributed by atoms with E-state index in [4.69, 9.17) is 65.7 Å². The molecule has 2 N–H and O–H groups in total. The van der Waals surface area contributed by atoms with Gasteiger partial charge in [-0.05, 0) is 76.4 Å². The molecule has 238 valence electrons. The molecule has 0 aromatic heterocycles. The maximum Gasteiger partial charge on any atom is 0.340 e. The summed E-state index contributed by atoms with van der Waals surface area (Å²) in [6.45, 7) is 7.33. The lowest BCUT2D eigenvalue weighted by Gasteiger charge is -2.38. The van der Waals surface area contributed by atoms with Gasteiger partial charge in [-0.15, -0.1) is 0 Å². The van der Waals surface area contributed by atoms with Gasteiger partial charge in [-0.3, -0.25) is 9.59 Å². The molecule has 3 aromatic rings. The van der Waals surface area contributed by atoms with Gasteiger partial charge in [0.2, 0.25) is 0 Å². The molecule has 0 aliphatic carbocycles. The zero-order valence-electron chi connectivity index (χ0n) is 25.0. The van der Waals surface area contributed by atoms with Crippen LogP contribution in [0.15, 0.2) is 30.3 Å². The van der Waals surface area contributed by atoms with Crippen molar-refractivity contribution in [1.29, 1.82) is 0 Å². The van der Waals surface area contributed by atoms with Crippen LogP contribution in [0.4, 0.5) is 0 Å². The van der Waals surface area contributed by atoms with Crippen molar-refractivity contribution in [1.82, 2.24) is 5.32 Å². The van der Waals surface area contributed by atoms with Gasteiger partial charge in [0, 0.05) is 29.3 Å². The zero-order valence-corrected chi connectivity index (χ0v) is 28.1. The molecule has 1 spiro atoms. The van der Waals surface area contributed by atoms with Crippen LogP contribution < -0.4 is 14.8 Å². The number of nitrogens with one attached hydrogen (secondary N) is 1. The van der Waals surface area contributed by atoms with E-state index in [0.717, 1.165) is 19.3 Å². The lowest BCUT2D eigenvalue weighted by Crippen LogP contribution is -2.34. The third-order valence-corrected chi connectivity index (χ3v) is 9.27. The molecule has 1 atom stereocenters. The molecule has 0 radical (unpaired) electrons. The summed E-state index contributed by atoms with van der Waals surface area (Å²) in [5.41, 5.74) is -0.734. The number of hydrogen-bond acceptors (Lipinski definition) is 7. The molecule has 45 heavy (non-hydrogen) atoms. The van der Waals surface area contributed by atoms with Gasteiger partial charge in [-0.2, -0.15) is 0 Å². The summed E-state index contributed by atoms with van der Waals surface area (Å²) in [6, 6.07) is 7.71. The normalized spacial score (nSPS) is 16.4. The molecule has 2 aliphatic rings. The lowest BCUT2D eigenvalue weighted by molar-refractivity contribution is -0.143. The van der Waals surface area contributed by atoms with Crippen LogP contribution in [-0.4, -0.2) is 36.1 Å². The number of halogens is 4. The summed E-state index contributed by atoms with van der Waals surface area (Å²) in [6.07, 6.45) is 3.18. The van der Waals surface area contributed by atoms with Crippen molar-refractivity contribution in [3.8, 4) is 17.2 Å². The second-order valence-corrected chi connectivity index (χ2v) is 13.6. The van der Waals surface area contributed by atoms with E-state index in [0.29, 0.717) is 29.7 Å². The highest BCUT2D eigenvalue weighted by atomic mass is 35.5. The highest BCUT2D eigenvalue weighted by Gasteiger charge is 2.55. The Morgan fingerprint density at radius 1 is 0.911 bits per heavy atom. The van der Waals surface area contributed by atoms with Crippen LogP contribution in [0, 0.1) is 12.3 Å². The van der Waals surface area contributed by atoms with E-state index in [1.165, 1.54) is 12.1 Å². The summed E-state index contributed by atoms with van der Waals surface area (Å²) in [4.78, 5) is 39.5. The van der Waals surface area contributed by atoms with Crippen molar-refractivity contribution in [2.75, 3.05) is 13.2 Å². The molecule has 1 unspecified atom stereocenters. The average molecular weight is 695 g/mol. The Hall–Kier alpha value is -3.01. The number of rotatable bonds is 8. The largest absolute Gasteiger partial charge is 0.453 e. The van der Waals surface area contributed by atoms with E-state index in [-0.39, 0.29) is 66.5 Å². The standard InChI is InChI=1S/C33H31Cl4NO7/c1-16-22(34)14-20-26(24(16)36)43-27-21(15-23(35)28(25(27)37)44-31(42)32(2,3)4)33(20)19-13-17(9-10-18(19)30(41)45-33)29(40)38-11-7-5-6-8-12-39/h9-10,13-15,39H,5-8,11-12H2,1-4H3,(H,38,40). The molecule has 8 nitrogen and oxygen atoms in total. The van der Waals surface area contributed by atoms with Crippen LogP contribution in [0.25, 0.3) is 0 Å². The molecule has 1 amide bonds. The van der Waals surface area contributed by atoms with Gasteiger partial charge in [-0.25, -0.2) is 4.79 Å². The first-order chi connectivity index (χ1) is 21.2. The summed E-state index contributed by atoms with van der Waals surface area (Å²) in [5.74, 6) is -1.59. The fourth-order valence-electron chi connectivity index (χ4n) is 5.29. The number of unbranched alkanes of at least 4 members (excludes halogenated alkanes) is 3. The van der Waals surface area contributed by atoms with Crippen molar-refractivity contribution >= 4 is 64.2 Å². The highest BCUT2D eigenvalue weighted by molar-refractivity contribution is 6.39. The van der Waals surface area contributed by atoms with Gasteiger partial charge in [0.15, 0.2) is 22.8 Å². The Morgan fingerprint density at radius 3 is 2.22 bits per heavy atom. The Labute approximate surface area is 280 Å². The SMILES string of the molecule is Cc1c(Cl)cc2c(c1Cl)Oc1c(cc(Cl)c(OC(=O)C(C)(C)C)c1Cl)C21OC(=O)c2ccc(C(=O)NCCCCCCO)cc21. The van der Waals surface area contributed by atoms with Crippen molar-refractivity contribution in [3.05, 3.63) is 83.8 Å². The average Bonchev–Trinajstić information content (AvgIpc) is 3.28. The first-order valence-corrected chi connectivity index (χ1v) is 15.9. The van der Waals surface area contributed by atoms with Crippen molar-refractivity contribution in [3.63, 3.8) is 0 Å². The van der Waals surface area contributed by atoms with E-state index >= 15 is 0 Å². The van der Waals surface area contributed by atoms with Gasteiger partial charge in [0.1, 0.15) is 5.02 Å². The molecular weight excluding hydrogens is 664 g/mol. The quantitative estimate of drug-likeness (QED) is 0.138. The van der Waals surface area contributed by atoms with Crippen LogP contribution in [0.2, 0.25) is 20.1 Å². The molecule has 0 fully saturated rings. The molecule has 2 aliphatic heterocycles. The fourth-order valence-corrected chi connectivity index (χ4v) is 6.35. The first kappa shape index (κ1) is 33.4. The Balaban J connectivity index is 1.68. The van der Waals surface area contributed by atoms with Gasteiger partial charge in [-0.1, -0.05) is 59.2 Å². The molecule has 0 saturated carbocycles. The van der Waals surface area contributed by atoms with E-state index in [9.17, 15) is 14.4 Å². The summed E-state index contributed by atoms with van der Waals surface area (Å²) in [7, 11) is 0. The number of carbonyl (C=O) groups excluding carboxylic acids is 3. The van der Waals surface area contributed by atoms with E-state index in [1.807, 2.05) is 0 Å². The van der Waals surface area contributed by atoms with E-state index in [1.54, 1.807) is 45.9 Å². The lowest BCUT2D eigenvalue weighted by atomic mass is 9.77. The number of ether oxygens (including phenoxy) is 3. The predicted octanol–water partition coefficient (Wildman–Crippen LogP) is 8.41. The predicted molar refractivity (Wildman–Crippen MR) is 172 cm³/mol. The molecule has 2 heterocycles. The fraction of sp³-hybridized carbons (Fsp3) is 0.364. The Kier molecular flexibility index (Phi) is 9.38. The second kappa shape index (κ2) is 12.6. The number of aliphatic hydroxyl groups excluding tert-OH is 1. The first-order valence-electron chi connectivity index (χ1n) is 14.4. The Bertz CT molecular complexity index is 1730. The van der Waals surface area contributed by atoms with Gasteiger partial charge in [0.05, 0.1) is 32.2 Å². The minimum absolute atomic E-state index is 0.00674. The minimum atomic E-state index is -1.73. The zero-order chi connectivity index (χ0) is 32.8. The number of amides is 1. The second-order valence-electron chi connectivity index (χ2n) is 12.0.